The number of hydrogen-bond acceptors (Lipinski definition) is 4. The molecule has 2 unspecified atom stereocenters. The van der Waals surface area contributed by atoms with Crippen molar-refractivity contribution >= 4 is 21.8 Å². The first-order chi connectivity index (χ1) is 10.2. The predicted molar refractivity (Wildman–Crippen MR) is 87.0 cm³/mol. The molecule has 116 valence electrons. The lowest BCUT2D eigenvalue weighted by Crippen LogP contribution is -2.26. The maximum Gasteiger partial charge on any atom is 0.134 e. The maximum atomic E-state index is 12.2. The highest BCUT2D eigenvalue weighted by Crippen LogP contribution is 2.24. The monoisotopic (exact) mass is 309 g/mol. The van der Waals surface area contributed by atoms with Crippen LogP contribution in [-0.2, 0) is 15.5 Å². The third-order valence-electron chi connectivity index (χ3n) is 3.31. The molecule has 0 aliphatic rings. The van der Waals surface area contributed by atoms with Crippen LogP contribution in [0.4, 0.5) is 0 Å². The Kier molecular flexibility index (Phi) is 6.42. The number of rotatable bonds is 9. The van der Waals surface area contributed by atoms with Gasteiger partial charge in [-0.2, -0.15) is 0 Å². The maximum absolute atomic E-state index is 12.2. The summed E-state index contributed by atoms with van der Waals surface area (Å²) in [5.41, 5.74) is 0.876. The van der Waals surface area contributed by atoms with Crippen molar-refractivity contribution in [1.82, 2.24) is 5.32 Å². The van der Waals surface area contributed by atoms with Crippen LogP contribution < -0.4 is 5.32 Å². The molecule has 0 amide bonds. The van der Waals surface area contributed by atoms with Gasteiger partial charge < -0.3 is 14.5 Å². The Bertz CT molecular complexity index is 549. The molecular formula is C16H23NO3S. The second-order valence-corrected chi connectivity index (χ2v) is 6.58. The van der Waals surface area contributed by atoms with E-state index in [-0.39, 0.29) is 6.04 Å². The molecule has 1 aromatic heterocycles. The van der Waals surface area contributed by atoms with Crippen LogP contribution in [0.15, 0.2) is 34.7 Å². The zero-order chi connectivity index (χ0) is 15.1. The first-order valence-electron chi connectivity index (χ1n) is 7.30. The molecule has 2 aromatic rings. The highest BCUT2D eigenvalue weighted by atomic mass is 32.2. The van der Waals surface area contributed by atoms with E-state index in [1.165, 1.54) is 0 Å². The van der Waals surface area contributed by atoms with E-state index >= 15 is 0 Å². The molecule has 0 spiro atoms. The SMILES string of the molecule is CCNC(CS(=O)CCCOC)c1cc2ccccc2o1. The van der Waals surface area contributed by atoms with Crippen LogP contribution in [0.1, 0.15) is 25.1 Å². The Morgan fingerprint density at radius 1 is 1.38 bits per heavy atom. The largest absolute Gasteiger partial charge is 0.459 e. The van der Waals surface area contributed by atoms with E-state index in [1.807, 2.05) is 37.3 Å². The molecule has 21 heavy (non-hydrogen) atoms. The zero-order valence-corrected chi connectivity index (χ0v) is 13.4. The Morgan fingerprint density at radius 2 is 2.19 bits per heavy atom. The number of nitrogens with one attached hydrogen (secondary N) is 1. The third kappa shape index (κ3) is 4.66. The molecular weight excluding hydrogens is 286 g/mol. The summed E-state index contributed by atoms with van der Waals surface area (Å²) in [6, 6.07) is 9.96. The molecule has 2 atom stereocenters. The van der Waals surface area contributed by atoms with Gasteiger partial charge in [-0.15, -0.1) is 0 Å². The molecule has 0 aliphatic carbocycles. The minimum Gasteiger partial charge on any atom is -0.459 e. The van der Waals surface area contributed by atoms with E-state index in [0.29, 0.717) is 18.1 Å². The molecule has 1 heterocycles. The molecule has 0 fully saturated rings. The molecule has 0 aliphatic heterocycles. The van der Waals surface area contributed by atoms with Crippen molar-refractivity contribution in [3.05, 3.63) is 36.1 Å². The lowest BCUT2D eigenvalue weighted by molar-refractivity contribution is 0.200. The Morgan fingerprint density at radius 3 is 2.90 bits per heavy atom. The van der Waals surface area contributed by atoms with Crippen LogP contribution in [0.2, 0.25) is 0 Å². The minimum absolute atomic E-state index is 0.00854. The zero-order valence-electron chi connectivity index (χ0n) is 12.6. The van der Waals surface area contributed by atoms with Crippen LogP contribution >= 0.6 is 0 Å². The van der Waals surface area contributed by atoms with Crippen LogP contribution in [0.5, 0.6) is 0 Å². The van der Waals surface area contributed by atoms with Gasteiger partial charge in [-0.05, 0) is 25.1 Å². The fraction of sp³-hybridized carbons (Fsp3) is 0.500. The molecule has 2 rings (SSSR count). The molecule has 4 nitrogen and oxygen atoms in total. The normalized spacial score (nSPS) is 14.4. The molecule has 0 bridgehead atoms. The summed E-state index contributed by atoms with van der Waals surface area (Å²) < 4.78 is 23.1. The van der Waals surface area contributed by atoms with Crippen LogP contribution in [0.3, 0.4) is 0 Å². The van der Waals surface area contributed by atoms with Crippen molar-refractivity contribution in [2.45, 2.75) is 19.4 Å². The fourth-order valence-corrected chi connectivity index (χ4v) is 3.56. The predicted octanol–water partition coefficient (Wildman–Crippen LogP) is 2.87. The number of fused-ring (bicyclic) bond motifs is 1. The number of hydrogen-bond donors (Lipinski definition) is 1. The number of methoxy groups -OCH3 is 1. The summed E-state index contributed by atoms with van der Waals surface area (Å²) in [6.45, 7) is 3.52. The van der Waals surface area contributed by atoms with Crippen molar-refractivity contribution < 1.29 is 13.4 Å². The molecule has 0 saturated carbocycles. The van der Waals surface area contributed by atoms with E-state index in [1.54, 1.807) is 7.11 Å². The van der Waals surface area contributed by atoms with Gasteiger partial charge in [-0.25, -0.2) is 0 Å². The first-order valence-corrected chi connectivity index (χ1v) is 8.79. The molecule has 0 radical (unpaired) electrons. The van der Waals surface area contributed by atoms with Gasteiger partial charge >= 0.3 is 0 Å². The van der Waals surface area contributed by atoms with Gasteiger partial charge in [0.2, 0.25) is 0 Å². The van der Waals surface area contributed by atoms with Crippen molar-refractivity contribution in [2.24, 2.45) is 0 Å². The summed E-state index contributed by atoms with van der Waals surface area (Å²) in [5, 5.41) is 4.45. The van der Waals surface area contributed by atoms with E-state index < -0.39 is 10.8 Å². The van der Waals surface area contributed by atoms with Gasteiger partial charge in [0.25, 0.3) is 0 Å². The van der Waals surface area contributed by atoms with E-state index in [4.69, 9.17) is 9.15 Å². The summed E-state index contributed by atoms with van der Waals surface area (Å²) in [6.07, 6.45) is 0.822. The third-order valence-corrected chi connectivity index (χ3v) is 4.76. The number of furan rings is 1. The van der Waals surface area contributed by atoms with E-state index in [0.717, 1.165) is 29.7 Å². The average molecular weight is 309 g/mol. The average Bonchev–Trinajstić information content (AvgIpc) is 2.91. The summed E-state index contributed by atoms with van der Waals surface area (Å²) in [5.74, 6) is 2.09. The summed E-state index contributed by atoms with van der Waals surface area (Å²) in [4.78, 5) is 0. The first kappa shape index (κ1) is 16.2. The number of ether oxygens (including phenoxy) is 1. The standard InChI is InChI=1S/C16H23NO3S/c1-3-17-14(12-21(18)10-6-9-19-2)16-11-13-7-4-5-8-15(13)20-16/h4-5,7-8,11,14,17H,3,6,9-10,12H2,1-2H3. The second kappa shape index (κ2) is 8.32. The Labute approximate surface area is 128 Å². The molecule has 1 aromatic carbocycles. The fourth-order valence-electron chi connectivity index (χ4n) is 2.30. The summed E-state index contributed by atoms with van der Waals surface area (Å²) in [7, 11) is 0.788. The van der Waals surface area contributed by atoms with Crippen molar-refractivity contribution in [1.29, 1.82) is 0 Å². The van der Waals surface area contributed by atoms with Crippen molar-refractivity contribution in [2.75, 3.05) is 31.8 Å². The molecule has 0 saturated heterocycles. The van der Waals surface area contributed by atoms with Crippen LogP contribution in [0, 0.1) is 0 Å². The Hall–Kier alpha value is -1.17. The Balaban J connectivity index is 2.05. The van der Waals surface area contributed by atoms with Crippen LogP contribution in [-0.4, -0.2) is 36.0 Å². The highest BCUT2D eigenvalue weighted by molar-refractivity contribution is 7.85. The van der Waals surface area contributed by atoms with E-state index in [2.05, 4.69) is 5.32 Å². The van der Waals surface area contributed by atoms with E-state index in [9.17, 15) is 4.21 Å². The van der Waals surface area contributed by atoms with Gasteiger partial charge in [0.1, 0.15) is 11.3 Å². The minimum atomic E-state index is -0.878. The number of benzene rings is 1. The van der Waals surface area contributed by atoms with Gasteiger partial charge in [-0.1, -0.05) is 25.1 Å². The highest BCUT2D eigenvalue weighted by Gasteiger charge is 2.18. The van der Waals surface area contributed by atoms with Crippen LogP contribution in [0.25, 0.3) is 11.0 Å². The molecule has 1 N–H and O–H groups in total. The van der Waals surface area contributed by atoms with Gasteiger partial charge in [0.05, 0.1) is 6.04 Å². The lowest BCUT2D eigenvalue weighted by atomic mass is 10.2. The second-order valence-electron chi connectivity index (χ2n) is 4.95. The topological polar surface area (TPSA) is 51.5 Å². The number of para-hydroxylation sites is 1. The summed E-state index contributed by atoms with van der Waals surface area (Å²) >= 11 is 0. The van der Waals surface area contributed by atoms with Gasteiger partial charge in [-0.3, -0.25) is 4.21 Å². The smallest absolute Gasteiger partial charge is 0.134 e. The molecule has 5 heteroatoms. The van der Waals surface area contributed by atoms with Crippen molar-refractivity contribution in [3.8, 4) is 0 Å². The van der Waals surface area contributed by atoms with Gasteiger partial charge in [0, 0.05) is 41.4 Å². The quantitative estimate of drug-likeness (QED) is 0.724. The van der Waals surface area contributed by atoms with Crippen molar-refractivity contribution in [3.63, 3.8) is 0 Å². The van der Waals surface area contributed by atoms with Gasteiger partial charge in [0.15, 0.2) is 0 Å². The lowest BCUT2D eigenvalue weighted by Gasteiger charge is -2.15.